The van der Waals surface area contributed by atoms with Crippen molar-refractivity contribution < 1.29 is 8.42 Å². The van der Waals surface area contributed by atoms with Gasteiger partial charge in [0, 0.05) is 17.3 Å². The van der Waals surface area contributed by atoms with E-state index in [2.05, 4.69) is 5.43 Å². The number of hydrazine groups is 1. The Hall–Kier alpha value is -0.620. The molecule has 6 heteroatoms. The number of nitrogens with one attached hydrogen (secondary N) is 1. The van der Waals surface area contributed by atoms with Gasteiger partial charge in [0.05, 0.1) is 5.25 Å². The lowest BCUT2D eigenvalue weighted by Gasteiger charge is -2.22. The Morgan fingerprint density at radius 2 is 2.06 bits per heavy atom. The minimum absolute atomic E-state index is 0.361. The summed E-state index contributed by atoms with van der Waals surface area (Å²) in [4.78, 5) is 0. The van der Waals surface area contributed by atoms with Gasteiger partial charge in [0.25, 0.3) is 0 Å². The second-order valence-corrected chi connectivity index (χ2v) is 7.42. The van der Waals surface area contributed by atoms with Gasteiger partial charge in [-0.3, -0.25) is 11.3 Å². The molecule has 1 aromatic carbocycles. The van der Waals surface area contributed by atoms with Crippen molar-refractivity contribution in [1.82, 2.24) is 5.43 Å². The third-order valence-corrected chi connectivity index (χ3v) is 5.14. The molecule has 0 bridgehead atoms. The van der Waals surface area contributed by atoms with E-state index in [0.717, 1.165) is 11.1 Å². The Bertz CT molecular complexity index is 517. The molecule has 1 aromatic rings. The lowest BCUT2D eigenvalue weighted by molar-refractivity contribution is 0.494. The van der Waals surface area contributed by atoms with Crippen molar-refractivity contribution in [3.63, 3.8) is 0 Å². The van der Waals surface area contributed by atoms with Crippen molar-refractivity contribution in [3.8, 4) is 0 Å². The van der Waals surface area contributed by atoms with E-state index in [-0.39, 0.29) is 6.04 Å². The van der Waals surface area contributed by atoms with E-state index in [4.69, 9.17) is 17.4 Å². The summed E-state index contributed by atoms with van der Waals surface area (Å²) in [5.74, 6) is 5.44. The molecular weight excluding hydrogens is 272 g/mol. The lowest BCUT2D eigenvalue weighted by atomic mass is 10.0. The van der Waals surface area contributed by atoms with E-state index in [1.54, 1.807) is 6.92 Å². The maximum Gasteiger partial charge on any atom is 0.151 e. The summed E-state index contributed by atoms with van der Waals surface area (Å²) in [7, 11) is -3.14. The SMILES string of the molecule is Cc1ccc(CC(NN)C(C)S(C)(=O)=O)c(Cl)c1. The zero-order valence-corrected chi connectivity index (χ0v) is 12.3. The third-order valence-electron chi connectivity index (χ3n) is 3.10. The average molecular weight is 291 g/mol. The van der Waals surface area contributed by atoms with Crippen LogP contribution in [0.25, 0.3) is 0 Å². The van der Waals surface area contributed by atoms with Crippen LogP contribution in [0.5, 0.6) is 0 Å². The molecule has 102 valence electrons. The van der Waals surface area contributed by atoms with Gasteiger partial charge in [0.15, 0.2) is 9.84 Å². The summed E-state index contributed by atoms with van der Waals surface area (Å²) in [6.07, 6.45) is 1.68. The van der Waals surface area contributed by atoms with E-state index >= 15 is 0 Å². The number of rotatable bonds is 5. The van der Waals surface area contributed by atoms with E-state index < -0.39 is 15.1 Å². The van der Waals surface area contributed by atoms with Crippen molar-refractivity contribution >= 4 is 21.4 Å². The number of aryl methyl sites for hydroxylation is 1. The zero-order valence-electron chi connectivity index (χ0n) is 10.8. The molecule has 3 N–H and O–H groups in total. The van der Waals surface area contributed by atoms with E-state index in [1.807, 2.05) is 25.1 Å². The second-order valence-electron chi connectivity index (χ2n) is 4.61. The van der Waals surface area contributed by atoms with E-state index in [1.165, 1.54) is 6.26 Å². The smallest absolute Gasteiger partial charge is 0.151 e. The van der Waals surface area contributed by atoms with Crippen LogP contribution in [0.3, 0.4) is 0 Å². The highest BCUT2D eigenvalue weighted by Crippen LogP contribution is 2.20. The number of sulfone groups is 1. The van der Waals surface area contributed by atoms with Crippen molar-refractivity contribution in [2.75, 3.05) is 6.26 Å². The molecule has 18 heavy (non-hydrogen) atoms. The molecule has 0 saturated heterocycles. The molecule has 2 atom stereocenters. The topological polar surface area (TPSA) is 72.2 Å². The standard InChI is InChI=1S/C12H19ClN2O2S/c1-8-4-5-10(11(13)6-8)7-12(15-14)9(2)18(3,16)17/h4-6,9,12,15H,7,14H2,1-3H3. The molecule has 0 aliphatic heterocycles. The first-order valence-electron chi connectivity index (χ1n) is 5.65. The fraction of sp³-hybridized carbons (Fsp3) is 0.500. The average Bonchev–Trinajstić information content (AvgIpc) is 2.26. The number of halogens is 1. The molecule has 0 heterocycles. The maximum atomic E-state index is 11.5. The molecule has 0 aromatic heterocycles. The van der Waals surface area contributed by atoms with Crippen LogP contribution in [0.1, 0.15) is 18.1 Å². The first-order chi connectivity index (χ1) is 8.25. The van der Waals surface area contributed by atoms with Crippen LogP contribution in [0.2, 0.25) is 5.02 Å². The summed E-state index contributed by atoms with van der Waals surface area (Å²) in [6.45, 7) is 3.59. The largest absolute Gasteiger partial charge is 0.271 e. The molecule has 0 aliphatic rings. The predicted octanol–water partition coefficient (Wildman–Crippen LogP) is 1.46. The van der Waals surface area contributed by atoms with Gasteiger partial charge in [0.2, 0.25) is 0 Å². The van der Waals surface area contributed by atoms with Gasteiger partial charge >= 0.3 is 0 Å². The molecule has 0 aliphatic carbocycles. The van der Waals surface area contributed by atoms with Crippen LogP contribution >= 0.6 is 11.6 Å². The number of hydrogen-bond acceptors (Lipinski definition) is 4. The molecule has 0 spiro atoms. The van der Waals surface area contributed by atoms with Gasteiger partial charge < -0.3 is 0 Å². The van der Waals surface area contributed by atoms with Crippen LogP contribution < -0.4 is 11.3 Å². The van der Waals surface area contributed by atoms with Crippen LogP contribution in [-0.4, -0.2) is 26.0 Å². The Labute approximate surface area is 113 Å². The molecule has 1 rings (SSSR count). The Morgan fingerprint density at radius 1 is 1.44 bits per heavy atom. The minimum Gasteiger partial charge on any atom is -0.271 e. The Balaban J connectivity index is 2.93. The van der Waals surface area contributed by atoms with Crippen molar-refractivity contribution in [2.24, 2.45) is 5.84 Å². The van der Waals surface area contributed by atoms with Gasteiger partial charge in [-0.05, 0) is 37.5 Å². The predicted molar refractivity (Wildman–Crippen MR) is 75.3 cm³/mol. The quantitative estimate of drug-likeness (QED) is 0.636. The second kappa shape index (κ2) is 6.02. The van der Waals surface area contributed by atoms with Crippen LogP contribution in [0, 0.1) is 6.92 Å². The normalized spacial score (nSPS) is 15.4. The molecule has 0 fully saturated rings. The molecule has 2 unspecified atom stereocenters. The van der Waals surface area contributed by atoms with Crippen molar-refractivity contribution in [2.45, 2.75) is 31.6 Å². The fourth-order valence-electron chi connectivity index (χ4n) is 1.71. The first-order valence-corrected chi connectivity index (χ1v) is 7.99. The monoisotopic (exact) mass is 290 g/mol. The van der Waals surface area contributed by atoms with E-state index in [9.17, 15) is 8.42 Å². The number of nitrogens with two attached hydrogens (primary N) is 1. The zero-order chi connectivity index (χ0) is 13.9. The maximum absolute atomic E-state index is 11.5. The van der Waals surface area contributed by atoms with Crippen LogP contribution in [0.15, 0.2) is 18.2 Å². The highest BCUT2D eigenvalue weighted by atomic mass is 35.5. The summed E-state index contributed by atoms with van der Waals surface area (Å²) in [6, 6.07) is 5.34. The van der Waals surface area contributed by atoms with Crippen LogP contribution in [0.4, 0.5) is 0 Å². The molecule has 0 amide bonds. The molecule has 0 radical (unpaired) electrons. The molecule has 0 saturated carbocycles. The van der Waals surface area contributed by atoms with Gasteiger partial charge in [-0.15, -0.1) is 0 Å². The molecular formula is C12H19ClN2O2S. The third kappa shape index (κ3) is 3.95. The summed E-state index contributed by atoms with van der Waals surface area (Å²) in [5.41, 5.74) is 4.52. The first kappa shape index (κ1) is 15.4. The highest BCUT2D eigenvalue weighted by Gasteiger charge is 2.25. The summed E-state index contributed by atoms with van der Waals surface area (Å²) in [5, 5.41) is 0.0656. The van der Waals surface area contributed by atoms with Crippen LogP contribution in [-0.2, 0) is 16.3 Å². The van der Waals surface area contributed by atoms with Gasteiger partial charge in [-0.25, -0.2) is 8.42 Å². The Kier molecular flexibility index (Phi) is 5.16. The summed E-state index contributed by atoms with van der Waals surface area (Å²) < 4.78 is 23.1. The number of benzene rings is 1. The van der Waals surface area contributed by atoms with Gasteiger partial charge in [-0.1, -0.05) is 23.7 Å². The molecule has 4 nitrogen and oxygen atoms in total. The van der Waals surface area contributed by atoms with Crippen molar-refractivity contribution in [1.29, 1.82) is 0 Å². The highest BCUT2D eigenvalue weighted by molar-refractivity contribution is 7.91. The summed E-state index contributed by atoms with van der Waals surface area (Å²) >= 11 is 6.13. The minimum atomic E-state index is -3.14. The number of hydrogen-bond donors (Lipinski definition) is 2. The van der Waals surface area contributed by atoms with Gasteiger partial charge in [0.1, 0.15) is 0 Å². The van der Waals surface area contributed by atoms with Crippen molar-refractivity contribution in [3.05, 3.63) is 34.3 Å². The Morgan fingerprint density at radius 3 is 2.50 bits per heavy atom. The lowest BCUT2D eigenvalue weighted by Crippen LogP contribution is -2.47. The van der Waals surface area contributed by atoms with E-state index in [0.29, 0.717) is 11.4 Å². The van der Waals surface area contributed by atoms with Gasteiger partial charge in [-0.2, -0.15) is 0 Å². The fourth-order valence-corrected chi connectivity index (χ4v) is 2.80.